The Kier molecular flexibility index (Phi) is 4.87. The van der Waals surface area contributed by atoms with Crippen molar-refractivity contribution in [3.8, 4) is 0 Å². The van der Waals surface area contributed by atoms with Gasteiger partial charge in [-0.05, 0) is 19.1 Å². The summed E-state index contributed by atoms with van der Waals surface area (Å²) < 4.78 is 4.93. The van der Waals surface area contributed by atoms with Gasteiger partial charge in [0.05, 0.1) is 0 Å². The molecule has 7 heteroatoms. The molecule has 0 saturated carbocycles. The Labute approximate surface area is 135 Å². The summed E-state index contributed by atoms with van der Waals surface area (Å²) >= 11 is 0. The largest absolute Gasteiger partial charge is 0.360 e. The Bertz CT molecular complexity index is 635. The van der Waals surface area contributed by atoms with Gasteiger partial charge in [-0.3, -0.25) is 9.69 Å². The van der Waals surface area contributed by atoms with Gasteiger partial charge in [0.15, 0.2) is 5.82 Å². The van der Waals surface area contributed by atoms with Crippen LogP contribution in [0.5, 0.6) is 0 Å². The van der Waals surface area contributed by atoms with E-state index in [9.17, 15) is 4.79 Å². The molecule has 0 bridgehead atoms. The molecule has 3 rings (SSSR count). The number of aromatic nitrogens is 2. The van der Waals surface area contributed by atoms with E-state index < -0.39 is 0 Å². The highest BCUT2D eigenvalue weighted by Crippen LogP contribution is 2.13. The molecule has 2 aromatic heterocycles. The second-order valence-corrected chi connectivity index (χ2v) is 5.64. The van der Waals surface area contributed by atoms with Crippen molar-refractivity contribution in [3.05, 3.63) is 36.2 Å². The quantitative estimate of drug-likeness (QED) is 0.902. The number of anilines is 2. The Morgan fingerprint density at radius 2 is 2.13 bits per heavy atom. The van der Waals surface area contributed by atoms with Gasteiger partial charge in [-0.15, -0.1) is 0 Å². The highest BCUT2D eigenvalue weighted by atomic mass is 16.5. The first-order valence-electron chi connectivity index (χ1n) is 7.82. The molecule has 0 aromatic carbocycles. The average Bonchev–Trinajstić information content (AvgIpc) is 2.99. The van der Waals surface area contributed by atoms with Crippen LogP contribution in [0.25, 0.3) is 0 Å². The van der Waals surface area contributed by atoms with Gasteiger partial charge in [0, 0.05) is 51.4 Å². The molecule has 1 N–H and O–H groups in total. The first-order valence-corrected chi connectivity index (χ1v) is 7.82. The lowest BCUT2D eigenvalue weighted by Gasteiger charge is -2.35. The van der Waals surface area contributed by atoms with Crippen LogP contribution < -0.4 is 10.2 Å². The van der Waals surface area contributed by atoms with Crippen LogP contribution in [0.4, 0.5) is 11.6 Å². The molecule has 23 heavy (non-hydrogen) atoms. The van der Waals surface area contributed by atoms with Gasteiger partial charge < -0.3 is 14.7 Å². The zero-order valence-corrected chi connectivity index (χ0v) is 13.2. The molecule has 122 valence electrons. The monoisotopic (exact) mass is 315 g/mol. The van der Waals surface area contributed by atoms with E-state index in [2.05, 4.69) is 25.3 Å². The van der Waals surface area contributed by atoms with Crippen LogP contribution in [0.2, 0.25) is 0 Å². The van der Waals surface area contributed by atoms with Crippen molar-refractivity contribution in [1.82, 2.24) is 15.0 Å². The maximum Gasteiger partial charge on any atom is 0.226 e. The molecule has 1 aliphatic rings. The number of nitrogens with zero attached hydrogens (tertiary/aromatic N) is 4. The molecule has 1 saturated heterocycles. The fourth-order valence-corrected chi connectivity index (χ4v) is 2.63. The molecule has 1 amide bonds. The number of carbonyl (C=O) groups is 1. The summed E-state index contributed by atoms with van der Waals surface area (Å²) in [5, 5.41) is 6.51. The minimum absolute atomic E-state index is 0.0366. The smallest absolute Gasteiger partial charge is 0.226 e. The summed E-state index contributed by atoms with van der Waals surface area (Å²) in [7, 11) is 0. The van der Waals surface area contributed by atoms with Crippen molar-refractivity contribution < 1.29 is 9.32 Å². The molecular formula is C16H21N5O2. The Balaban J connectivity index is 1.40. The summed E-state index contributed by atoms with van der Waals surface area (Å²) in [5.74, 6) is 2.15. The van der Waals surface area contributed by atoms with Gasteiger partial charge in [0.1, 0.15) is 11.6 Å². The Morgan fingerprint density at radius 1 is 1.30 bits per heavy atom. The highest BCUT2D eigenvalue weighted by Gasteiger charge is 2.18. The van der Waals surface area contributed by atoms with Crippen LogP contribution >= 0.6 is 0 Å². The van der Waals surface area contributed by atoms with Crippen LogP contribution in [0.3, 0.4) is 0 Å². The molecule has 0 aliphatic carbocycles. The number of nitrogens with one attached hydrogen (secondary N) is 1. The van der Waals surface area contributed by atoms with E-state index in [4.69, 9.17) is 4.52 Å². The molecule has 0 unspecified atom stereocenters. The number of aryl methyl sites for hydroxylation is 1. The molecule has 2 aromatic rings. The molecule has 0 radical (unpaired) electrons. The van der Waals surface area contributed by atoms with Crippen molar-refractivity contribution >= 4 is 17.5 Å². The molecule has 1 fully saturated rings. The third kappa shape index (κ3) is 4.29. The zero-order valence-electron chi connectivity index (χ0n) is 13.2. The standard InChI is InChI=1S/C16H21N5O2/c1-13-12-14(19-23-13)18-16(22)5-7-20-8-10-21(11-9-20)15-4-2-3-6-17-15/h2-4,6,12H,5,7-11H2,1H3,(H,18,19,22). The Hall–Kier alpha value is -2.41. The van der Waals surface area contributed by atoms with E-state index in [1.807, 2.05) is 24.4 Å². The summed E-state index contributed by atoms with van der Waals surface area (Å²) in [5.41, 5.74) is 0. The van der Waals surface area contributed by atoms with Crippen LogP contribution in [0.1, 0.15) is 12.2 Å². The maximum absolute atomic E-state index is 11.9. The highest BCUT2D eigenvalue weighted by molar-refractivity contribution is 5.89. The van der Waals surface area contributed by atoms with Crippen LogP contribution in [-0.4, -0.2) is 53.7 Å². The minimum atomic E-state index is -0.0366. The van der Waals surface area contributed by atoms with Gasteiger partial charge in [0.2, 0.25) is 5.91 Å². The first kappa shape index (κ1) is 15.5. The summed E-state index contributed by atoms with van der Waals surface area (Å²) in [6, 6.07) is 7.67. The lowest BCUT2D eigenvalue weighted by atomic mass is 10.2. The lowest BCUT2D eigenvalue weighted by Crippen LogP contribution is -2.47. The first-order chi connectivity index (χ1) is 11.2. The van der Waals surface area contributed by atoms with E-state index in [0.717, 1.165) is 38.5 Å². The normalized spacial score (nSPS) is 15.6. The van der Waals surface area contributed by atoms with Gasteiger partial charge in [-0.1, -0.05) is 11.2 Å². The number of carbonyl (C=O) groups excluding carboxylic acids is 1. The third-order valence-electron chi connectivity index (χ3n) is 3.90. The fraction of sp³-hybridized carbons (Fsp3) is 0.438. The molecule has 1 aliphatic heterocycles. The predicted molar refractivity (Wildman–Crippen MR) is 87.4 cm³/mol. The van der Waals surface area contributed by atoms with Gasteiger partial charge >= 0.3 is 0 Å². The fourth-order valence-electron chi connectivity index (χ4n) is 2.63. The van der Waals surface area contributed by atoms with E-state index in [1.54, 1.807) is 13.0 Å². The van der Waals surface area contributed by atoms with Crippen molar-refractivity contribution in [2.24, 2.45) is 0 Å². The van der Waals surface area contributed by atoms with Gasteiger partial charge in [-0.25, -0.2) is 4.98 Å². The number of piperazine rings is 1. The number of hydrogen-bond acceptors (Lipinski definition) is 6. The molecule has 7 nitrogen and oxygen atoms in total. The molecule has 3 heterocycles. The number of amides is 1. The third-order valence-corrected chi connectivity index (χ3v) is 3.90. The summed E-state index contributed by atoms with van der Waals surface area (Å²) in [6.45, 7) is 6.28. The predicted octanol–water partition coefficient (Wildman–Crippen LogP) is 1.53. The number of pyridine rings is 1. The summed E-state index contributed by atoms with van der Waals surface area (Å²) in [6.07, 6.45) is 2.27. The van der Waals surface area contributed by atoms with Crippen molar-refractivity contribution in [3.63, 3.8) is 0 Å². The van der Waals surface area contributed by atoms with Gasteiger partial charge in [0.25, 0.3) is 0 Å². The maximum atomic E-state index is 11.9. The van der Waals surface area contributed by atoms with Crippen LogP contribution in [-0.2, 0) is 4.79 Å². The van der Waals surface area contributed by atoms with E-state index >= 15 is 0 Å². The van der Waals surface area contributed by atoms with E-state index in [1.165, 1.54) is 0 Å². The number of rotatable bonds is 5. The zero-order chi connectivity index (χ0) is 16.1. The second kappa shape index (κ2) is 7.23. The van der Waals surface area contributed by atoms with E-state index in [0.29, 0.717) is 18.0 Å². The van der Waals surface area contributed by atoms with Crippen molar-refractivity contribution in [2.75, 3.05) is 42.9 Å². The Morgan fingerprint density at radius 3 is 2.78 bits per heavy atom. The number of hydrogen-bond donors (Lipinski definition) is 1. The average molecular weight is 315 g/mol. The van der Waals surface area contributed by atoms with Crippen LogP contribution in [0, 0.1) is 6.92 Å². The summed E-state index contributed by atoms with van der Waals surface area (Å²) in [4.78, 5) is 20.9. The topological polar surface area (TPSA) is 74.5 Å². The molecular weight excluding hydrogens is 294 g/mol. The van der Waals surface area contributed by atoms with E-state index in [-0.39, 0.29) is 5.91 Å². The molecule has 0 atom stereocenters. The van der Waals surface area contributed by atoms with Crippen molar-refractivity contribution in [1.29, 1.82) is 0 Å². The van der Waals surface area contributed by atoms with Crippen molar-refractivity contribution in [2.45, 2.75) is 13.3 Å². The molecule has 0 spiro atoms. The lowest BCUT2D eigenvalue weighted by molar-refractivity contribution is -0.116. The van der Waals surface area contributed by atoms with Crippen LogP contribution in [0.15, 0.2) is 35.0 Å². The SMILES string of the molecule is Cc1cc(NC(=O)CCN2CCN(c3ccccn3)CC2)no1. The minimum Gasteiger partial charge on any atom is -0.360 e. The van der Waals surface area contributed by atoms with Gasteiger partial charge in [-0.2, -0.15) is 0 Å². The second-order valence-electron chi connectivity index (χ2n) is 5.64.